The second-order valence-corrected chi connectivity index (χ2v) is 5.09. The lowest BCUT2D eigenvalue weighted by Gasteiger charge is -2.38. The molecule has 1 aliphatic heterocycles. The molecule has 1 amide bonds. The molecular weight excluding hydrogens is 204 g/mol. The third-order valence-corrected chi connectivity index (χ3v) is 3.13. The van der Waals surface area contributed by atoms with Crippen LogP contribution in [0, 0.1) is 11.8 Å². The van der Waals surface area contributed by atoms with E-state index in [2.05, 4.69) is 6.92 Å². The van der Waals surface area contributed by atoms with E-state index in [-0.39, 0.29) is 12.1 Å². The van der Waals surface area contributed by atoms with E-state index in [1.165, 1.54) is 0 Å². The maximum Gasteiger partial charge on any atom is 0.410 e. The van der Waals surface area contributed by atoms with E-state index in [1.54, 1.807) is 4.90 Å². The first-order valence-corrected chi connectivity index (χ1v) is 6.19. The summed E-state index contributed by atoms with van der Waals surface area (Å²) in [6, 6.07) is 0.147. The van der Waals surface area contributed by atoms with Crippen LogP contribution < -0.4 is 5.73 Å². The van der Waals surface area contributed by atoms with Crippen molar-refractivity contribution in [2.45, 2.75) is 39.7 Å². The van der Waals surface area contributed by atoms with Crippen LogP contribution in [0.5, 0.6) is 0 Å². The predicted molar refractivity (Wildman–Crippen MR) is 64.1 cm³/mol. The number of amides is 1. The highest BCUT2D eigenvalue weighted by Gasteiger charge is 2.31. The van der Waals surface area contributed by atoms with Crippen LogP contribution in [0.1, 0.15) is 33.6 Å². The minimum Gasteiger partial charge on any atom is -0.449 e. The standard InChI is InChI=1S/C12H24N2O2/c1-9(2)8-16-12(15)14-6-4-5-10(3)11(14)7-13/h9-11H,4-8,13H2,1-3H3. The Bertz CT molecular complexity index is 231. The van der Waals surface area contributed by atoms with Crippen LogP contribution >= 0.6 is 0 Å². The summed E-state index contributed by atoms with van der Waals surface area (Å²) in [5, 5.41) is 0. The first-order valence-electron chi connectivity index (χ1n) is 6.19. The van der Waals surface area contributed by atoms with Gasteiger partial charge in [-0.05, 0) is 24.7 Å². The fourth-order valence-corrected chi connectivity index (χ4v) is 2.16. The van der Waals surface area contributed by atoms with Crippen molar-refractivity contribution in [2.75, 3.05) is 19.7 Å². The van der Waals surface area contributed by atoms with E-state index in [1.807, 2.05) is 13.8 Å². The monoisotopic (exact) mass is 228 g/mol. The minimum atomic E-state index is -0.198. The normalized spacial score (nSPS) is 25.9. The van der Waals surface area contributed by atoms with Crippen molar-refractivity contribution in [1.82, 2.24) is 4.90 Å². The Balaban J connectivity index is 2.52. The lowest BCUT2D eigenvalue weighted by molar-refractivity contribution is 0.0525. The molecule has 4 heteroatoms. The van der Waals surface area contributed by atoms with Crippen LogP contribution in [0.2, 0.25) is 0 Å². The number of rotatable bonds is 3. The Morgan fingerprint density at radius 1 is 1.56 bits per heavy atom. The molecule has 0 aromatic rings. The smallest absolute Gasteiger partial charge is 0.410 e. The molecule has 1 rings (SSSR count). The van der Waals surface area contributed by atoms with Gasteiger partial charge in [-0.25, -0.2) is 4.79 Å². The molecule has 0 aromatic carbocycles. The molecule has 2 unspecified atom stereocenters. The van der Waals surface area contributed by atoms with Crippen LogP contribution in [0.15, 0.2) is 0 Å². The lowest BCUT2D eigenvalue weighted by Crippen LogP contribution is -2.51. The third kappa shape index (κ3) is 3.37. The van der Waals surface area contributed by atoms with E-state index in [0.29, 0.717) is 25.0 Å². The molecule has 0 spiro atoms. The molecule has 0 bridgehead atoms. The molecule has 0 radical (unpaired) electrons. The molecule has 1 aliphatic rings. The van der Waals surface area contributed by atoms with E-state index >= 15 is 0 Å². The Kier molecular flexibility index (Phi) is 5.06. The predicted octanol–water partition coefficient (Wildman–Crippen LogP) is 1.84. The second-order valence-electron chi connectivity index (χ2n) is 5.09. The van der Waals surface area contributed by atoms with Gasteiger partial charge in [0.25, 0.3) is 0 Å². The highest BCUT2D eigenvalue weighted by molar-refractivity contribution is 5.68. The average Bonchev–Trinajstić information content (AvgIpc) is 2.25. The summed E-state index contributed by atoms with van der Waals surface area (Å²) in [5.74, 6) is 0.854. The molecule has 2 N–H and O–H groups in total. The SMILES string of the molecule is CC(C)COC(=O)N1CCCC(C)C1CN. The summed E-state index contributed by atoms with van der Waals surface area (Å²) < 4.78 is 5.25. The summed E-state index contributed by atoms with van der Waals surface area (Å²) in [6.07, 6.45) is 2.00. The van der Waals surface area contributed by atoms with Crippen LogP contribution in [-0.2, 0) is 4.74 Å². The Hall–Kier alpha value is -0.770. The van der Waals surface area contributed by atoms with E-state index in [0.717, 1.165) is 19.4 Å². The lowest BCUT2D eigenvalue weighted by atomic mass is 9.91. The van der Waals surface area contributed by atoms with Crippen molar-refractivity contribution in [1.29, 1.82) is 0 Å². The van der Waals surface area contributed by atoms with Gasteiger partial charge in [0.1, 0.15) is 0 Å². The second kappa shape index (κ2) is 6.09. The molecule has 0 saturated carbocycles. The number of hydrogen-bond acceptors (Lipinski definition) is 3. The van der Waals surface area contributed by atoms with Crippen molar-refractivity contribution in [3.05, 3.63) is 0 Å². The quantitative estimate of drug-likeness (QED) is 0.802. The van der Waals surface area contributed by atoms with Crippen LogP contribution in [0.4, 0.5) is 4.79 Å². The van der Waals surface area contributed by atoms with Gasteiger partial charge < -0.3 is 15.4 Å². The maximum atomic E-state index is 11.9. The van der Waals surface area contributed by atoms with Gasteiger partial charge in [0.05, 0.1) is 6.61 Å². The minimum absolute atomic E-state index is 0.147. The van der Waals surface area contributed by atoms with Gasteiger partial charge in [-0.3, -0.25) is 0 Å². The molecule has 16 heavy (non-hydrogen) atoms. The molecule has 4 nitrogen and oxygen atoms in total. The van der Waals surface area contributed by atoms with Gasteiger partial charge in [0.2, 0.25) is 0 Å². The number of nitrogens with zero attached hydrogens (tertiary/aromatic N) is 1. The average molecular weight is 228 g/mol. The number of hydrogen-bond donors (Lipinski definition) is 1. The number of piperidine rings is 1. The zero-order valence-corrected chi connectivity index (χ0v) is 10.6. The van der Waals surface area contributed by atoms with E-state index < -0.39 is 0 Å². The molecule has 0 aromatic heterocycles. The zero-order valence-electron chi connectivity index (χ0n) is 10.6. The van der Waals surface area contributed by atoms with E-state index in [9.17, 15) is 4.79 Å². The van der Waals surface area contributed by atoms with Crippen molar-refractivity contribution < 1.29 is 9.53 Å². The molecule has 1 saturated heterocycles. The summed E-state index contributed by atoms with van der Waals surface area (Å²) in [6.45, 7) is 8.01. The number of likely N-dealkylation sites (tertiary alicyclic amines) is 1. The highest BCUT2D eigenvalue weighted by Crippen LogP contribution is 2.23. The summed E-state index contributed by atoms with van der Waals surface area (Å²) >= 11 is 0. The fourth-order valence-electron chi connectivity index (χ4n) is 2.16. The van der Waals surface area contributed by atoms with Gasteiger partial charge >= 0.3 is 6.09 Å². The van der Waals surface area contributed by atoms with Gasteiger partial charge in [0, 0.05) is 19.1 Å². The van der Waals surface area contributed by atoms with Crippen molar-refractivity contribution in [3.8, 4) is 0 Å². The number of ether oxygens (including phenoxy) is 1. The van der Waals surface area contributed by atoms with Gasteiger partial charge in [0.15, 0.2) is 0 Å². The Labute approximate surface area is 98.1 Å². The first kappa shape index (κ1) is 13.3. The Morgan fingerprint density at radius 3 is 2.81 bits per heavy atom. The summed E-state index contributed by atoms with van der Waals surface area (Å²) in [5.41, 5.74) is 5.73. The van der Waals surface area contributed by atoms with E-state index in [4.69, 9.17) is 10.5 Å². The molecule has 94 valence electrons. The number of nitrogens with two attached hydrogens (primary N) is 1. The maximum absolute atomic E-state index is 11.9. The largest absolute Gasteiger partial charge is 0.449 e. The van der Waals surface area contributed by atoms with Crippen molar-refractivity contribution in [2.24, 2.45) is 17.6 Å². The number of carbonyl (C=O) groups is 1. The van der Waals surface area contributed by atoms with Crippen molar-refractivity contribution >= 4 is 6.09 Å². The topological polar surface area (TPSA) is 55.6 Å². The molecule has 1 fully saturated rings. The zero-order chi connectivity index (χ0) is 12.1. The fraction of sp³-hybridized carbons (Fsp3) is 0.917. The van der Waals surface area contributed by atoms with Crippen molar-refractivity contribution in [3.63, 3.8) is 0 Å². The van der Waals surface area contributed by atoms with Crippen LogP contribution in [0.25, 0.3) is 0 Å². The summed E-state index contributed by atoms with van der Waals surface area (Å²) in [4.78, 5) is 13.7. The highest BCUT2D eigenvalue weighted by atomic mass is 16.6. The van der Waals surface area contributed by atoms with Crippen LogP contribution in [0.3, 0.4) is 0 Å². The van der Waals surface area contributed by atoms with Gasteiger partial charge in [-0.2, -0.15) is 0 Å². The molecule has 2 atom stereocenters. The Morgan fingerprint density at radius 2 is 2.25 bits per heavy atom. The molecular formula is C12H24N2O2. The summed E-state index contributed by atoms with van der Waals surface area (Å²) in [7, 11) is 0. The third-order valence-electron chi connectivity index (χ3n) is 3.13. The van der Waals surface area contributed by atoms with Crippen LogP contribution in [-0.4, -0.2) is 36.7 Å². The van der Waals surface area contributed by atoms with Gasteiger partial charge in [-0.1, -0.05) is 20.8 Å². The first-order chi connectivity index (χ1) is 7.56. The number of carbonyl (C=O) groups excluding carboxylic acids is 1. The molecule has 0 aliphatic carbocycles. The molecule has 1 heterocycles. The van der Waals surface area contributed by atoms with Gasteiger partial charge in [-0.15, -0.1) is 0 Å².